The van der Waals surface area contributed by atoms with E-state index in [1.807, 2.05) is 30.3 Å². The molecule has 0 saturated carbocycles. The lowest BCUT2D eigenvalue weighted by molar-refractivity contribution is 0.241. The second-order valence-corrected chi connectivity index (χ2v) is 8.44. The topological polar surface area (TPSA) is 64.8 Å². The van der Waals surface area contributed by atoms with Crippen molar-refractivity contribution in [3.05, 3.63) is 87.5 Å². The van der Waals surface area contributed by atoms with Crippen molar-refractivity contribution in [2.45, 2.75) is 39.3 Å². The number of hydrogen-bond donors (Lipinski definition) is 2. The highest BCUT2D eigenvalue weighted by molar-refractivity contribution is 5.83. The Labute approximate surface area is 175 Å². The van der Waals surface area contributed by atoms with Crippen LogP contribution in [0.2, 0.25) is 0 Å². The minimum atomic E-state index is -0.00758. The normalized spacial score (nSPS) is 14.4. The number of rotatable bonds is 4. The number of benzene rings is 2. The monoisotopic (exact) mass is 398 g/mol. The molecule has 0 radical (unpaired) electrons. The highest BCUT2D eigenvalue weighted by Crippen LogP contribution is 2.26. The molecule has 2 aromatic heterocycles. The van der Waals surface area contributed by atoms with Crippen molar-refractivity contribution in [1.29, 1.82) is 0 Å². The van der Waals surface area contributed by atoms with E-state index in [0.29, 0.717) is 18.3 Å². The van der Waals surface area contributed by atoms with Gasteiger partial charge >= 0.3 is 0 Å². The van der Waals surface area contributed by atoms with Crippen molar-refractivity contribution in [1.82, 2.24) is 19.9 Å². The number of nitrogens with one attached hydrogen (secondary N) is 2. The summed E-state index contributed by atoms with van der Waals surface area (Å²) in [6.07, 6.45) is 2.84. The Morgan fingerprint density at radius 2 is 1.97 bits per heavy atom. The first-order chi connectivity index (χ1) is 14.6. The van der Waals surface area contributed by atoms with Gasteiger partial charge in [-0.15, -0.1) is 0 Å². The Kier molecular flexibility index (Phi) is 4.75. The van der Waals surface area contributed by atoms with E-state index in [9.17, 15) is 4.79 Å². The van der Waals surface area contributed by atoms with E-state index >= 15 is 0 Å². The molecule has 30 heavy (non-hydrogen) atoms. The van der Waals surface area contributed by atoms with Crippen LogP contribution in [0, 0.1) is 0 Å². The fourth-order valence-electron chi connectivity index (χ4n) is 4.30. The molecule has 1 aliphatic heterocycles. The van der Waals surface area contributed by atoms with E-state index < -0.39 is 0 Å². The summed E-state index contributed by atoms with van der Waals surface area (Å²) >= 11 is 0. The SMILES string of the molecule is CC(C)c1ccc2c(CN3CCc4c(nc(-c5ccccc5)[nH]c4=O)C3)c[nH]c2c1. The molecule has 0 spiro atoms. The van der Waals surface area contributed by atoms with Crippen LogP contribution in [0.25, 0.3) is 22.3 Å². The van der Waals surface area contributed by atoms with E-state index in [0.717, 1.165) is 36.3 Å². The van der Waals surface area contributed by atoms with E-state index in [1.165, 1.54) is 22.0 Å². The standard InChI is InChI=1S/C25H26N4O/c1-16(2)18-8-9-20-19(13-26-22(20)12-18)14-29-11-10-21-23(15-29)27-24(28-25(21)30)17-6-4-3-5-7-17/h3-9,12-13,16,26H,10-11,14-15H2,1-2H3,(H,27,28,30). The first-order valence-electron chi connectivity index (χ1n) is 10.6. The zero-order chi connectivity index (χ0) is 20.7. The Morgan fingerprint density at radius 1 is 1.13 bits per heavy atom. The van der Waals surface area contributed by atoms with Crippen LogP contribution in [0.1, 0.15) is 42.1 Å². The molecule has 5 nitrogen and oxygen atoms in total. The van der Waals surface area contributed by atoms with Crippen LogP contribution >= 0.6 is 0 Å². The molecular weight excluding hydrogens is 372 g/mol. The highest BCUT2D eigenvalue weighted by Gasteiger charge is 2.22. The van der Waals surface area contributed by atoms with Crippen molar-refractivity contribution in [3.63, 3.8) is 0 Å². The molecule has 2 N–H and O–H groups in total. The summed E-state index contributed by atoms with van der Waals surface area (Å²) in [5, 5.41) is 1.27. The Balaban J connectivity index is 1.41. The summed E-state index contributed by atoms with van der Waals surface area (Å²) in [6, 6.07) is 16.5. The van der Waals surface area contributed by atoms with Gasteiger partial charge in [0.1, 0.15) is 5.82 Å². The van der Waals surface area contributed by atoms with Crippen LogP contribution in [0.3, 0.4) is 0 Å². The largest absolute Gasteiger partial charge is 0.361 e. The fraction of sp³-hybridized carbons (Fsp3) is 0.280. The van der Waals surface area contributed by atoms with Gasteiger partial charge in [-0.25, -0.2) is 4.98 Å². The predicted octanol–water partition coefficient (Wildman–Crippen LogP) is 4.60. The van der Waals surface area contributed by atoms with Crippen LogP contribution in [-0.2, 0) is 19.5 Å². The van der Waals surface area contributed by atoms with Gasteiger partial charge in [-0.05, 0) is 29.5 Å². The predicted molar refractivity (Wildman–Crippen MR) is 120 cm³/mol. The van der Waals surface area contributed by atoms with Crippen molar-refractivity contribution in [3.8, 4) is 11.4 Å². The van der Waals surface area contributed by atoms with Crippen LogP contribution in [0.5, 0.6) is 0 Å². The lowest BCUT2D eigenvalue weighted by Crippen LogP contribution is -2.35. The van der Waals surface area contributed by atoms with Gasteiger partial charge in [-0.1, -0.05) is 56.3 Å². The third kappa shape index (κ3) is 3.46. The van der Waals surface area contributed by atoms with Gasteiger partial charge in [0.25, 0.3) is 5.56 Å². The van der Waals surface area contributed by atoms with Gasteiger partial charge in [0.05, 0.1) is 5.69 Å². The number of nitrogens with zero attached hydrogens (tertiary/aromatic N) is 2. The maximum absolute atomic E-state index is 12.6. The van der Waals surface area contributed by atoms with E-state index in [2.05, 4.69) is 53.1 Å². The Bertz CT molecular complexity index is 1250. The van der Waals surface area contributed by atoms with Crippen molar-refractivity contribution < 1.29 is 0 Å². The Hall–Kier alpha value is -3.18. The van der Waals surface area contributed by atoms with Crippen LogP contribution in [-0.4, -0.2) is 26.4 Å². The summed E-state index contributed by atoms with van der Waals surface area (Å²) in [6.45, 7) is 6.83. The summed E-state index contributed by atoms with van der Waals surface area (Å²) in [4.78, 5) is 26.2. The van der Waals surface area contributed by atoms with Crippen molar-refractivity contribution in [2.75, 3.05) is 6.54 Å². The molecule has 152 valence electrons. The zero-order valence-corrected chi connectivity index (χ0v) is 17.4. The highest BCUT2D eigenvalue weighted by atomic mass is 16.1. The average Bonchev–Trinajstić information content (AvgIpc) is 3.16. The molecule has 1 aliphatic rings. The molecule has 3 heterocycles. The molecule has 0 fully saturated rings. The van der Waals surface area contributed by atoms with E-state index in [4.69, 9.17) is 4.98 Å². The lowest BCUT2D eigenvalue weighted by atomic mass is 10.0. The van der Waals surface area contributed by atoms with Gasteiger partial charge in [-0.3, -0.25) is 9.69 Å². The third-order valence-electron chi connectivity index (χ3n) is 6.05. The second kappa shape index (κ2) is 7.58. The number of H-pyrrole nitrogens is 2. The minimum absolute atomic E-state index is 0.00758. The van der Waals surface area contributed by atoms with Gasteiger partial charge in [0.2, 0.25) is 0 Å². The zero-order valence-electron chi connectivity index (χ0n) is 17.4. The summed E-state index contributed by atoms with van der Waals surface area (Å²) in [5.41, 5.74) is 6.47. The van der Waals surface area contributed by atoms with Gasteiger partial charge in [-0.2, -0.15) is 0 Å². The van der Waals surface area contributed by atoms with Gasteiger partial charge in [0.15, 0.2) is 0 Å². The maximum atomic E-state index is 12.6. The second-order valence-electron chi connectivity index (χ2n) is 8.44. The lowest BCUT2D eigenvalue weighted by Gasteiger charge is -2.27. The van der Waals surface area contributed by atoms with Crippen molar-refractivity contribution >= 4 is 10.9 Å². The molecule has 0 aliphatic carbocycles. The summed E-state index contributed by atoms with van der Waals surface area (Å²) in [5.74, 6) is 1.16. The molecule has 5 heteroatoms. The average molecular weight is 399 g/mol. The van der Waals surface area contributed by atoms with Gasteiger partial charge in [0, 0.05) is 47.9 Å². The molecule has 0 atom stereocenters. The van der Waals surface area contributed by atoms with Gasteiger partial charge < -0.3 is 9.97 Å². The fourth-order valence-corrected chi connectivity index (χ4v) is 4.30. The molecular formula is C25H26N4O. The number of hydrogen-bond acceptors (Lipinski definition) is 3. The maximum Gasteiger partial charge on any atom is 0.254 e. The van der Waals surface area contributed by atoms with Crippen LogP contribution < -0.4 is 5.56 Å². The number of fused-ring (bicyclic) bond motifs is 2. The van der Waals surface area contributed by atoms with E-state index in [1.54, 1.807) is 0 Å². The Morgan fingerprint density at radius 3 is 2.77 bits per heavy atom. The number of aromatic nitrogens is 3. The molecule has 0 unspecified atom stereocenters. The first kappa shape index (κ1) is 18.8. The molecule has 4 aromatic rings. The molecule has 0 bridgehead atoms. The quantitative estimate of drug-likeness (QED) is 0.528. The van der Waals surface area contributed by atoms with Crippen molar-refractivity contribution in [2.24, 2.45) is 0 Å². The first-order valence-corrected chi connectivity index (χ1v) is 10.6. The third-order valence-corrected chi connectivity index (χ3v) is 6.05. The smallest absolute Gasteiger partial charge is 0.254 e. The molecule has 5 rings (SSSR count). The summed E-state index contributed by atoms with van der Waals surface area (Å²) < 4.78 is 0. The molecule has 0 saturated heterocycles. The molecule has 0 amide bonds. The van der Waals surface area contributed by atoms with Crippen LogP contribution in [0.15, 0.2) is 59.5 Å². The minimum Gasteiger partial charge on any atom is -0.361 e. The summed E-state index contributed by atoms with van der Waals surface area (Å²) in [7, 11) is 0. The number of aromatic amines is 2. The van der Waals surface area contributed by atoms with E-state index in [-0.39, 0.29) is 5.56 Å². The molecule has 2 aromatic carbocycles. The van der Waals surface area contributed by atoms with Crippen LogP contribution in [0.4, 0.5) is 0 Å².